The number of fused-ring (bicyclic) bond motifs is 1. The molecule has 1 heterocycles. The maximum Gasteiger partial charge on any atom is 0.304 e. The summed E-state index contributed by atoms with van der Waals surface area (Å²) in [6.45, 7) is 1.20. The minimum atomic E-state index is -3.10. The molecule has 1 aromatic rings. The van der Waals surface area contributed by atoms with Gasteiger partial charge in [-0.05, 0) is 17.5 Å². The van der Waals surface area contributed by atoms with Crippen LogP contribution >= 0.6 is 0 Å². The van der Waals surface area contributed by atoms with Gasteiger partial charge < -0.3 is 5.11 Å². The van der Waals surface area contributed by atoms with Crippen molar-refractivity contribution in [3.63, 3.8) is 0 Å². The highest BCUT2D eigenvalue weighted by atomic mass is 32.2. The standard InChI is InChI=1S/C15H19NO4S/c17-15(18)8-13-10-21(19,20)6-5-16(13)9-12-7-11-3-1-2-4-14(11)12/h1-4,12-13H,5-10H2,(H,17,18). The number of hydrogen-bond acceptors (Lipinski definition) is 4. The molecule has 1 aliphatic carbocycles. The molecule has 0 spiro atoms. The van der Waals surface area contributed by atoms with Crippen LogP contribution in [0.15, 0.2) is 24.3 Å². The summed E-state index contributed by atoms with van der Waals surface area (Å²) in [5.41, 5.74) is 2.67. The smallest absolute Gasteiger partial charge is 0.304 e. The second-order valence-corrected chi connectivity index (χ2v) is 8.19. The van der Waals surface area contributed by atoms with Crippen LogP contribution in [0.1, 0.15) is 23.5 Å². The Morgan fingerprint density at radius 1 is 1.33 bits per heavy atom. The van der Waals surface area contributed by atoms with Crippen LogP contribution < -0.4 is 0 Å². The van der Waals surface area contributed by atoms with Crippen LogP contribution in [-0.2, 0) is 21.1 Å². The first kappa shape index (κ1) is 14.5. The van der Waals surface area contributed by atoms with E-state index in [1.54, 1.807) is 0 Å². The fourth-order valence-electron chi connectivity index (χ4n) is 3.36. The second kappa shape index (κ2) is 5.42. The van der Waals surface area contributed by atoms with Gasteiger partial charge in [0.1, 0.15) is 0 Å². The maximum atomic E-state index is 11.7. The van der Waals surface area contributed by atoms with Crippen molar-refractivity contribution in [1.29, 1.82) is 0 Å². The van der Waals surface area contributed by atoms with E-state index in [4.69, 9.17) is 5.11 Å². The minimum Gasteiger partial charge on any atom is -0.481 e. The molecule has 21 heavy (non-hydrogen) atoms. The second-order valence-electron chi connectivity index (χ2n) is 5.96. The van der Waals surface area contributed by atoms with E-state index < -0.39 is 21.8 Å². The summed E-state index contributed by atoms with van der Waals surface area (Å²) in [5.74, 6) is -0.431. The Morgan fingerprint density at radius 2 is 2.10 bits per heavy atom. The molecule has 2 atom stereocenters. The minimum absolute atomic E-state index is 0.0341. The molecule has 5 nitrogen and oxygen atoms in total. The number of sulfone groups is 1. The molecule has 0 radical (unpaired) electrons. The lowest BCUT2D eigenvalue weighted by Crippen LogP contribution is -2.51. The number of rotatable bonds is 4. The molecule has 6 heteroatoms. The summed E-state index contributed by atoms with van der Waals surface area (Å²) in [6, 6.07) is 7.86. The quantitative estimate of drug-likeness (QED) is 0.894. The largest absolute Gasteiger partial charge is 0.481 e. The third-order valence-corrected chi connectivity index (χ3v) is 6.18. The van der Waals surface area contributed by atoms with Crippen LogP contribution in [0, 0.1) is 0 Å². The fraction of sp³-hybridized carbons (Fsp3) is 0.533. The Balaban J connectivity index is 1.70. The summed E-state index contributed by atoms with van der Waals surface area (Å²) in [7, 11) is -3.10. The predicted molar refractivity (Wildman–Crippen MR) is 79.2 cm³/mol. The van der Waals surface area contributed by atoms with E-state index in [1.807, 2.05) is 12.1 Å². The average molecular weight is 309 g/mol. The molecule has 2 unspecified atom stereocenters. The molecule has 1 saturated heterocycles. The Labute approximate surface area is 124 Å². The highest BCUT2D eigenvalue weighted by Gasteiger charge is 2.36. The van der Waals surface area contributed by atoms with Crippen LogP contribution in [-0.4, -0.2) is 55.0 Å². The first-order valence-electron chi connectivity index (χ1n) is 7.19. The molecular weight excluding hydrogens is 290 g/mol. The summed E-state index contributed by atoms with van der Waals surface area (Å²) in [6.07, 6.45) is 0.896. The molecule has 114 valence electrons. The number of benzene rings is 1. The predicted octanol–water partition coefficient (Wildman–Crippen LogP) is 0.900. The number of carboxylic acid groups (broad SMARTS) is 1. The van der Waals surface area contributed by atoms with Crippen molar-refractivity contribution < 1.29 is 18.3 Å². The van der Waals surface area contributed by atoms with Gasteiger partial charge in [0.2, 0.25) is 0 Å². The molecule has 3 rings (SSSR count). The summed E-state index contributed by atoms with van der Waals surface area (Å²) < 4.78 is 23.5. The lowest BCUT2D eigenvalue weighted by molar-refractivity contribution is -0.138. The Morgan fingerprint density at radius 3 is 2.81 bits per heavy atom. The Bertz CT molecular complexity index is 655. The third-order valence-electron chi connectivity index (χ3n) is 4.48. The van der Waals surface area contributed by atoms with E-state index in [0.717, 1.165) is 13.0 Å². The topological polar surface area (TPSA) is 74.7 Å². The van der Waals surface area contributed by atoms with E-state index >= 15 is 0 Å². The Hall–Kier alpha value is -1.40. The van der Waals surface area contributed by atoms with E-state index in [1.165, 1.54) is 11.1 Å². The van der Waals surface area contributed by atoms with Crippen LogP contribution in [0.4, 0.5) is 0 Å². The molecule has 1 fully saturated rings. The van der Waals surface area contributed by atoms with Gasteiger partial charge in [-0.15, -0.1) is 0 Å². The number of carbonyl (C=O) groups is 1. The lowest BCUT2D eigenvalue weighted by atomic mass is 9.77. The van der Waals surface area contributed by atoms with Gasteiger partial charge in [-0.3, -0.25) is 9.69 Å². The number of nitrogens with zero attached hydrogens (tertiary/aromatic N) is 1. The fourth-order valence-corrected chi connectivity index (χ4v) is 4.95. The monoisotopic (exact) mass is 309 g/mol. The SMILES string of the molecule is O=C(O)CC1CS(=O)(=O)CCN1CC1Cc2ccccc21. The summed E-state index contributed by atoms with van der Waals surface area (Å²) in [4.78, 5) is 13.0. The maximum absolute atomic E-state index is 11.7. The number of hydrogen-bond donors (Lipinski definition) is 1. The molecule has 0 saturated carbocycles. The third kappa shape index (κ3) is 3.11. The van der Waals surface area contributed by atoms with Crippen molar-refractivity contribution in [1.82, 2.24) is 4.90 Å². The zero-order valence-corrected chi connectivity index (χ0v) is 12.6. The van der Waals surface area contributed by atoms with Crippen molar-refractivity contribution in [2.45, 2.75) is 24.8 Å². The average Bonchev–Trinajstić information content (AvgIpc) is 2.37. The first-order valence-corrected chi connectivity index (χ1v) is 9.01. The van der Waals surface area contributed by atoms with Crippen LogP contribution in [0.2, 0.25) is 0 Å². The zero-order valence-electron chi connectivity index (χ0n) is 11.7. The van der Waals surface area contributed by atoms with Crippen LogP contribution in [0.25, 0.3) is 0 Å². The normalized spacial score (nSPS) is 27.6. The van der Waals surface area contributed by atoms with Crippen molar-refractivity contribution in [2.24, 2.45) is 0 Å². The van der Waals surface area contributed by atoms with Gasteiger partial charge in [-0.25, -0.2) is 8.42 Å². The summed E-state index contributed by atoms with van der Waals surface area (Å²) >= 11 is 0. The molecule has 0 aromatic heterocycles. The number of aliphatic carboxylic acids is 1. The van der Waals surface area contributed by atoms with E-state index in [-0.39, 0.29) is 17.9 Å². The number of carboxylic acids is 1. The lowest BCUT2D eigenvalue weighted by Gasteiger charge is -2.40. The summed E-state index contributed by atoms with van der Waals surface area (Å²) in [5, 5.41) is 9.00. The van der Waals surface area contributed by atoms with Gasteiger partial charge in [0, 0.05) is 25.0 Å². The van der Waals surface area contributed by atoms with Crippen LogP contribution in [0.5, 0.6) is 0 Å². The molecule has 1 aromatic carbocycles. The van der Waals surface area contributed by atoms with Gasteiger partial charge in [0.15, 0.2) is 9.84 Å². The highest BCUT2D eigenvalue weighted by molar-refractivity contribution is 7.91. The van der Waals surface area contributed by atoms with Gasteiger partial charge >= 0.3 is 5.97 Å². The molecule has 0 amide bonds. The van der Waals surface area contributed by atoms with Crippen molar-refractivity contribution in [3.05, 3.63) is 35.4 Å². The molecule has 1 aliphatic heterocycles. The van der Waals surface area contributed by atoms with Crippen molar-refractivity contribution >= 4 is 15.8 Å². The van der Waals surface area contributed by atoms with Gasteiger partial charge in [-0.2, -0.15) is 0 Å². The van der Waals surface area contributed by atoms with Crippen LogP contribution in [0.3, 0.4) is 0 Å². The molecular formula is C15H19NO4S. The van der Waals surface area contributed by atoms with E-state index in [9.17, 15) is 13.2 Å². The highest BCUT2D eigenvalue weighted by Crippen LogP contribution is 2.36. The van der Waals surface area contributed by atoms with Gasteiger partial charge in [0.05, 0.1) is 17.9 Å². The molecule has 0 bridgehead atoms. The zero-order chi connectivity index (χ0) is 15.0. The molecule has 1 N–H and O–H groups in total. The van der Waals surface area contributed by atoms with Crippen molar-refractivity contribution in [2.75, 3.05) is 24.6 Å². The van der Waals surface area contributed by atoms with Gasteiger partial charge in [0.25, 0.3) is 0 Å². The Kier molecular flexibility index (Phi) is 3.75. The first-order chi connectivity index (χ1) is 9.94. The van der Waals surface area contributed by atoms with E-state index in [2.05, 4.69) is 17.0 Å². The molecule has 2 aliphatic rings. The van der Waals surface area contributed by atoms with Crippen molar-refractivity contribution in [3.8, 4) is 0 Å². The van der Waals surface area contributed by atoms with E-state index in [0.29, 0.717) is 12.5 Å². The van der Waals surface area contributed by atoms with Gasteiger partial charge in [-0.1, -0.05) is 24.3 Å².